The van der Waals surface area contributed by atoms with Crippen LogP contribution in [0.3, 0.4) is 0 Å². The molecule has 3 nitrogen and oxygen atoms in total. The van der Waals surface area contributed by atoms with Crippen molar-refractivity contribution < 1.29 is 0 Å². The van der Waals surface area contributed by atoms with E-state index >= 15 is 0 Å². The Labute approximate surface area is 84.9 Å². The third kappa shape index (κ3) is 2.45. The van der Waals surface area contributed by atoms with Crippen LogP contribution in [0.1, 0.15) is 18.4 Å². The Kier molecular flexibility index (Phi) is 2.99. The van der Waals surface area contributed by atoms with Crippen molar-refractivity contribution >= 4 is 5.82 Å². The molecule has 2 heterocycles. The summed E-state index contributed by atoms with van der Waals surface area (Å²) >= 11 is 0. The minimum absolute atomic E-state index is 0.589. The first-order valence-corrected chi connectivity index (χ1v) is 5.24. The molecule has 0 aliphatic carbocycles. The van der Waals surface area contributed by atoms with Gasteiger partial charge in [-0.25, -0.2) is 4.98 Å². The first-order valence-electron chi connectivity index (χ1n) is 5.24. The third-order valence-electron chi connectivity index (χ3n) is 2.60. The molecule has 1 saturated heterocycles. The SMILES string of the molecule is Cc1ccc(NC2CCNCC2)nc1. The van der Waals surface area contributed by atoms with Crippen LogP contribution >= 0.6 is 0 Å². The minimum Gasteiger partial charge on any atom is -0.367 e. The first kappa shape index (κ1) is 9.46. The second-order valence-electron chi connectivity index (χ2n) is 3.89. The number of hydrogen-bond acceptors (Lipinski definition) is 3. The van der Waals surface area contributed by atoms with E-state index in [-0.39, 0.29) is 0 Å². The van der Waals surface area contributed by atoms with E-state index in [9.17, 15) is 0 Å². The van der Waals surface area contributed by atoms with Gasteiger partial charge in [0, 0.05) is 12.2 Å². The summed E-state index contributed by atoms with van der Waals surface area (Å²) in [6, 6.07) is 4.74. The van der Waals surface area contributed by atoms with Gasteiger partial charge in [-0.3, -0.25) is 0 Å². The smallest absolute Gasteiger partial charge is 0.126 e. The number of piperidine rings is 1. The van der Waals surface area contributed by atoms with Gasteiger partial charge in [0.25, 0.3) is 0 Å². The number of pyridine rings is 1. The van der Waals surface area contributed by atoms with Gasteiger partial charge < -0.3 is 10.6 Å². The molecule has 0 radical (unpaired) electrons. The number of nitrogens with zero attached hydrogens (tertiary/aromatic N) is 1. The summed E-state index contributed by atoms with van der Waals surface area (Å²) in [7, 11) is 0. The van der Waals surface area contributed by atoms with Crippen molar-refractivity contribution in [3.05, 3.63) is 23.9 Å². The molecule has 3 heteroatoms. The molecule has 2 rings (SSSR count). The van der Waals surface area contributed by atoms with Crippen molar-refractivity contribution in [3.8, 4) is 0 Å². The molecule has 0 unspecified atom stereocenters. The van der Waals surface area contributed by atoms with Crippen LogP contribution in [-0.2, 0) is 0 Å². The van der Waals surface area contributed by atoms with Crippen molar-refractivity contribution in [2.24, 2.45) is 0 Å². The average Bonchev–Trinajstić information content (AvgIpc) is 2.23. The molecule has 14 heavy (non-hydrogen) atoms. The maximum Gasteiger partial charge on any atom is 0.126 e. The molecule has 76 valence electrons. The highest BCUT2D eigenvalue weighted by molar-refractivity contribution is 5.36. The maximum atomic E-state index is 4.34. The zero-order valence-electron chi connectivity index (χ0n) is 8.59. The molecule has 0 amide bonds. The summed E-state index contributed by atoms with van der Waals surface area (Å²) in [6.07, 6.45) is 4.29. The van der Waals surface area contributed by atoms with Gasteiger partial charge in [-0.15, -0.1) is 0 Å². The normalized spacial score (nSPS) is 18.1. The van der Waals surface area contributed by atoms with E-state index in [1.165, 1.54) is 18.4 Å². The Bertz CT molecular complexity index is 275. The molecule has 0 aromatic carbocycles. The van der Waals surface area contributed by atoms with Crippen LogP contribution < -0.4 is 10.6 Å². The van der Waals surface area contributed by atoms with Crippen LogP contribution in [0.5, 0.6) is 0 Å². The number of hydrogen-bond donors (Lipinski definition) is 2. The quantitative estimate of drug-likeness (QED) is 0.744. The lowest BCUT2D eigenvalue weighted by Gasteiger charge is -2.24. The predicted molar refractivity (Wildman–Crippen MR) is 58.5 cm³/mol. The number of nitrogens with one attached hydrogen (secondary N) is 2. The molecule has 1 aliphatic rings. The molecular formula is C11H17N3. The second kappa shape index (κ2) is 4.42. The van der Waals surface area contributed by atoms with Gasteiger partial charge in [0.15, 0.2) is 0 Å². The van der Waals surface area contributed by atoms with Crippen LogP contribution in [-0.4, -0.2) is 24.1 Å². The molecule has 0 saturated carbocycles. The fraction of sp³-hybridized carbons (Fsp3) is 0.545. The second-order valence-corrected chi connectivity index (χ2v) is 3.89. The van der Waals surface area contributed by atoms with Crippen LogP contribution in [0.25, 0.3) is 0 Å². The Morgan fingerprint density at radius 3 is 2.79 bits per heavy atom. The van der Waals surface area contributed by atoms with E-state index in [2.05, 4.69) is 34.7 Å². The van der Waals surface area contributed by atoms with Crippen molar-refractivity contribution in [1.82, 2.24) is 10.3 Å². The number of aryl methyl sites for hydroxylation is 1. The fourth-order valence-electron chi connectivity index (χ4n) is 1.73. The minimum atomic E-state index is 0.589. The van der Waals surface area contributed by atoms with Crippen LogP contribution in [0, 0.1) is 6.92 Å². The maximum absolute atomic E-state index is 4.34. The third-order valence-corrected chi connectivity index (χ3v) is 2.60. The van der Waals surface area contributed by atoms with E-state index in [4.69, 9.17) is 0 Å². The van der Waals surface area contributed by atoms with Gasteiger partial charge in [-0.1, -0.05) is 6.07 Å². The summed E-state index contributed by atoms with van der Waals surface area (Å²) in [5.41, 5.74) is 1.21. The van der Waals surface area contributed by atoms with Crippen molar-refractivity contribution in [1.29, 1.82) is 0 Å². The van der Waals surface area contributed by atoms with Crippen molar-refractivity contribution in [3.63, 3.8) is 0 Å². The standard InChI is InChI=1S/C11H17N3/c1-9-2-3-11(13-8-9)14-10-4-6-12-7-5-10/h2-3,8,10,12H,4-7H2,1H3,(H,13,14). The Morgan fingerprint density at radius 1 is 1.36 bits per heavy atom. The highest BCUT2D eigenvalue weighted by Gasteiger charge is 2.12. The predicted octanol–water partition coefficient (Wildman–Crippen LogP) is 1.55. The van der Waals surface area contributed by atoms with Gasteiger partial charge in [-0.2, -0.15) is 0 Å². The topological polar surface area (TPSA) is 37.0 Å². The van der Waals surface area contributed by atoms with E-state index in [1.54, 1.807) is 0 Å². The number of anilines is 1. The lowest BCUT2D eigenvalue weighted by Crippen LogP contribution is -2.35. The van der Waals surface area contributed by atoms with E-state index in [0.717, 1.165) is 18.9 Å². The molecule has 0 spiro atoms. The molecule has 1 aromatic heterocycles. The molecule has 1 aromatic rings. The van der Waals surface area contributed by atoms with Crippen LogP contribution in [0.4, 0.5) is 5.82 Å². The highest BCUT2D eigenvalue weighted by atomic mass is 15.0. The van der Waals surface area contributed by atoms with E-state index in [0.29, 0.717) is 6.04 Å². The van der Waals surface area contributed by atoms with Gasteiger partial charge in [0.2, 0.25) is 0 Å². The largest absolute Gasteiger partial charge is 0.367 e. The monoisotopic (exact) mass is 191 g/mol. The lowest BCUT2D eigenvalue weighted by molar-refractivity contribution is 0.478. The van der Waals surface area contributed by atoms with Gasteiger partial charge in [-0.05, 0) is 44.5 Å². The fourth-order valence-corrected chi connectivity index (χ4v) is 1.73. The first-order chi connectivity index (χ1) is 6.84. The average molecular weight is 191 g/mol. The lowest BCUT2D eigenvalue weighted by atomic mass is 10.1. The number of rotatable bonds is 2. The Balaban J connectivity index is 1.92. The Hall–Kier alpha value is -1.09. The van der Waals surface area contributed by atoms with Crippen LogP contribution in [0.2, 0.25) is 0 Å². The number of aromatic nitrogens is 1. The summed E-state index contributed by atoms with van der Waals surface area (Å²) < 4.78 is 0. The zero-order chi connectivity index (χ0) is 9.80. The Morgan fingerprint density at radius 2 is 2.14 bits per heavy atom. The van der Waals surface area contributed by atoms with E-state index in [1.807, 2.05) is 6.20 Å². The molecule has 0 bridgehead atoms. The zero-order valence-corrected chi connectivity index (χ0v) is 8.59. The molecule has 0 atom stereocenters. The molecule has 2 N–H and O–H groups in total. The molecule has 1 aliphatic heterocycles. The van der Waals surface area contributed by atoms with Gasteiger partial charge >= 0.3 is 0 Å². The molecule has 1 fully saturated rings. The molecular weight excluding hydrogens is 174 g/mol. The van der Waals surface area contributed by atoms with Gasteiger partial charge in [0.05, 0.1) is 0 Å². The highest BCUT2D eigenvalue weighted by Crippen LogP contribution is 2.10. The van der Waals surface area contributed by atoms with Gasteiger partial charge in [0.1, 0.15) is 5.82 Å². The summed E-state index contributed by atoms with van der Waals surface area (Å²) in [6.45, 7) is 4.29. The summed E-state index contributed by atoms with van der Waals surface area (Å²) in [5, 5.41) is 6.81. The summed E-state index contributed by atoms with van der Waals surface area (Å²) in [4.78, 5) is 4.34. The van der Waals surface area contributed by atoms with Crippen molar-refractivity contribution in [2.45, 2.75) is 25.8 Å². The van der Waals surface area contributed by atoms with Crippen LogP contribution in [0.15, 0.2) is 18.3 Å². The summed E-state index contributed by atoms with van der Waals surface area (Å²) in [5.74, 6) is 1.00. The van der Waals surface area contributed by atoms with Crippen molar-refractivity contribution in [2.75, 3.05) is 18.4 Å². The van der Waals surface area contributed by atoms with E-state index < -0.39 is 0 Å².